The number of fused-ring (bicyclic) bond motifs is 1. The number of carboxylic acid groups (broad SMARTS) is 1. The van der Waals surface area contributed by atoms with Crippen LogP contribution in [0.1, 0.15) is 41.3 Å². The number of likely N-dealkylation sites (tertiary alicyclic amines) is 1. The SMILES string of the molecule is Cc1c(Br)c2c(c(C)c1C(=O)O)OC(C)(CN1CCC(N(C)C)CC1)O2. The molecule has 3 rings (SSSR count). The van der Waals surface area contributed by atoms with Crippen LogP contribution in [0, 0.1) is 13.8 Å². The zero-order chi connectivity index (χ0) is 19.2. The Morgan fingerprint density at radius 1 is 1.23 bits per heavy atom. The quantitative estimate of drug-likeness (QED) is 0.796. The predicted octanol–water partition coefficient (Wildman–Crippen LogP) is 3.28. The molecule has 1 N–H and O–H groups in total. The third-order valence-electron chi connectivity index (χ3n) is 5.47. The maximum atomic E-state index is 11.6. The number of halogens is 1. The fraction of sp³-hybridized carbons (Fsp3) is 0.632. The van der Waals surface area contributed by atoms with Crippen LogP contribution in [0.4, 0.5) is 0 Å². The van der Waals surface area contributed by atoms with Gasteiger partial charge in [-0.15, -0.1) is 0 Å². The zero-order valence-electron chi connectivity index (χ0n) is 16.1. The Balaban J connectivity index is 1.79. The Labute approximate surface area is 163 Å². The van der Waals surface area contributed by atoms with E-state index in [9.17, 15) is 9.90 Å². The van der Waals surface area contributed by atoms with Gasteiger partial charge in [0.25, 0.3) is 5.79 Å². The number of aromatic carboxylic acids is 1. The number of ether oxygens (including phenoxy) is 2. The Morgan fingerprint density at radius 3 is 2.35 bits per heavy atom. The maximum absolute atomic E-state index is 11.6. The minimum atomic E-state index is -0.952. The van der Waals surface area contributed by atoms with Crippen LogP contribution in [0.3, 0.4) is 0 Å². The highest BCUT2D eigenvalue weighted by molar-refractivity contribution is 9.10. The molecule has 0 spiro atoms. The molecule has 1 aromatic rings. The van der Waals surface area contributed by atoms with Crippen molar-refractivity contribution in [2.24, 2.45) is 0 Å². The van der Waals surface area contributed by atoms with Crippen molar-refractivity contribution in [2.45, 2.75) is 45.4 Å². The van der Waals surface area contributed by atoms with Gasteiger partial charge in [-0.2, -0.15) is 0 Å². The number of carbonyl (C=O) groups is 1. The Morgan fingerprint density at radius 2 is 1.81 bits per heavy atom. The van der Waals surface area contributed by atoms with Gasteiger partial charge in [-0.05, 0) is 75.4 Å². The van der Waals surface area contributed by atoms with Crippen molar-refractivity contribution in [3.8, 4) is 11.5 Å². The van der Waals surface area contributed by atoms with E-state index in [4.69, 9.17) is 9.47 Å². The highest BCUT2D eigenvalue weighted by atomic mass is 79.9. The monoisotopic (exact) mass is 426 g/mol. The minimum Gasteiger partial charge on any atom is -0.478 e. The molecule has 7 heteroatoms. The molecule has 0 saturated carbocycles. The third-order valence-corrected chi connectivity index (χ3v) is 6.43. The summed E-state index contributed by atoms with van der Waals surface area (Å²) in [6, 6.07) is 0.624. The fourth-order valence-corrected chi connectivity index (χ4v) is 4.46. The molecule has 1 unspecified atom stereocenters. The van der Waals surface area contributed by atoms with E-state index in [-0.39, 0.29) is 5.56 Å². The van der Waals surface area contributed by atoms with Gasteiger partial charge in [-0.1, -0.05) is 0 Å². The highest BCUT2D eigenvalue weighted by Gasteiger charge is 2.42. The lowest BCUT2D eigenvalue weighted by molar-refractivity contribution is -0.0890. The lowest BCUT2D eigenvalue weighted by Crippen LogP contribution is -2.51. The summed E-state index contributed by atoms with van der Waals surface area (Å²) in [4.78, 5) is 16.3. The number of piperidine rings is 1. The van der Waals surface area contributed by atoms with Crippen molar-refractivity contribution < 1.29 is 19.4 Å². The molecular weight excluding hydrogens is 400 g/mol. The first kappa shape index (κ1) is 19.5. The molecule has 1 fully saturated rings. The summed E-state index contributed by atoms with van der Waals surface area (Å²) in [7, 11) is 4.26. The lowest BCUT2D eigenvalue weighted by Gasteiger charge is -2.38. The summed E-state index contributed by atoms with van der Waals surface area (Å²) in [6.45, 7) is 8.13. The van der Waals surface area contributed by atoms with Crippen LogP contribution in [0.15, 0.2) is 4.47 Å². The smallest absolute Gasteiger partial charge is 0.336 e. The number of hydrogen-bond donors (Lipinski definition) is 1. The van der Waals surface area contributed by atoms with E-state index in [0.717, 1.165) is 25.9 Å². The van der Waals surface area contributed by atoms with E-state index in [1.165, 1.54) is 0 Å². The first-order valence-corrected chi connectivity index (χ1v) is 9.75. The summed E-state index contributed by atoms with van der Waals surface area (Å²) in [6.07, 6.45) is 2.25. The van der Waals surface area contributed by atoms with Gasteiger partial charge in [0.05, 0.1) is 16.6 Å². The topological polar surface area (TPSA) is 62.2 Å². The first-order valence-electron chi connectivity index (χ1n) is 8.95. The van der Waals surface area contributed by atoms with E-state index in [0.29, 0.717) is 39.7 Å². The molecule has 0 aromatic heterocycles. The number of nitrogens with zero attached hydrogens (tertiary/aromatic N) is 2. The number of rotatable bonds is 4. The van der Waals surface area contributed by atoms with E-state index >= 15 is 0 Å². The van der Waals surface area contributed by atoms with Crippen LogP contribution in [0.5, 0.6) is 11.5 Å². The van der Waals surface area contributed by atoms with Gasteiger partial charge in [-0.3, -0.25) is 4.90 Å². The second-order valence-electron chi connectivity index (χ2n) is 7.71. The minimum absolute atomic E-state index is 0.273. The van der Waals surface area contributed by atoms with E-state index in [1.807, 2.05) is 6.92 Å². The van der Waals surface area contributed by atoms with Crippen LogP contribution in [0.2, 0.25) is 0 Å². The Kier molecular flexibility index (Phi) is 5.25. The summed E-state index contributed by atoms with van der Waals surface area (Å²) in [5.41, 5.74) is 1.55. The van der Waals surface area contributed by atoms with Crippen molar-refractivity contribution in [2.75, 3.05) is 33.7 Å². The molecule has 0 bridgehead atoms. The van der Waals surface area contributed by atoms with Gasteiger partial charge in [0.1, 0.15) is 0 Å². The Bertz CT molecular complexity index is 729. The first-order chi connectivity index (χ1) is 12.1. The van der Waals surface area contributed by atoms with Crippen LogP contribution in [-0.2, 0) is 0 Å². The predicted molar refractivity (Wildman–Crippen MR) is 103 cm³/mol. The summed E-state index contributed by atoms with van der Waals surface area (Å²) >= 11 is 3.50. The van der Waals surface area contributed by atoms with Crippen LogP contribution in [-0.4, -0.2) is 66.4 Å². The second kappa shape index (κ2) is 7.02. The second-order valence-corrected chi connectivity index (χ2v) is 8.50. The van der Waals surface area contributed by atoms with Crippen molar-refractivity contribution >= 4 is 21.9 Å². The normalized spacial score (nSPS) is 23.7. The Hall–Kier alpha value is -1.31. The summed E-state index contributed by atoms with van der Waals surface area (Å²) in [5, 5.41) is 9.53. The molecule has 0 amide bonds. The summed E-state index contributed by atoms with van der Waals surface area (Å²) < 4.78 is 13.0. The third kappa shape index (κ3) is 3.44. The largest absolute Gasteiger partial charge is 0.478 e. The molecular formula is C19H27BrN2O4. The molecule has 26 heavy (non-hydrogen) atoms. The van der Waals surface area contributed by atoms with Gasteiger partial charge in [0.2, 0.25) is 0 Å². The molecule has 1 aromatic carbocycles. The number of hydrogen-bond acceptors (Lipinski definition) is 5. The van der Waals surface area contributed by atoms with Gasteiger partial charge >= 0.3 is 5.97 Å². The van der Waals surface area contributed by atoms with Crippen LogP contribution in [0.25, 0.3) is 0 Å². The van der Waals surface area contributed by atoms with E-state index in [1.54, 1.807) is 13.8 Å². The maximum Gasteiger partial charge on any atom is 0.336 e. The molecule has 2 heterocycles. The standard InChI is InChI=1S/C19H27BrN2O4/c1-11-14(18(23)24)12(2)16-17(15(11)20)26-19(3,25-16)10-22-8-6-13(7-9-22)21(4)5/h13H,6-10H2,1-5H3,(H,23,24). The van der Waals surface area contributed by atoms with Gasteiger partial charge in [-0.25, -0.2) is 4.79 Å². The molecule has 2 aliphatic rings. The van der Waals surface area contributed by atoms with Crippen molar-refractivity contribution in [1.82, 2.24) is 9.80 Å². The molecule has 0 aliphatic carbocycles. The van der Waals surface area contributed by atoms with Gasteiger partial charge in [0.15, 0.2) is 11.5 Å². The lowest BCUT2D eigenvalue weighted by atomic mass is 10.0. The molecule has 6 nitrogen and oxygen atoms in total. The van der Waals surface area contributed by atoms with Crippen molar-refractivity contribution in [3.63, 3.8) is 0 Å². The van der Waals surface area contributed by atoms with Crippen LogP contribution >= 0.6 is 15.9 Å². The van der Waals surface area contributed by atoms with E-state index < -0.39 is 11.8 Å². The molecule has 2 aliphatic heterocycles. The number of benzene rings is 1. The van der Waals surface area contributed by atoms with E-state index in [2.05, 4.69) is 39.8 Å². The summed E-state index contributed by atoms with van der Waals surface area (Å²) in [5.74, 6) is -0.628. The average Bonchev–Trinajstić information content (AvgIpc) is 2.91. The average molecular weight is 427 g/mol. The number of carboxylic acids is 1. The van der Waals surface area contributed by atoms with Crippen molar-refractivity contribution in [3.05, 3.63) is 21.2 Å². The molecule has 0 radical (unpaired) electrons. The van der Waals surface area contributed by atoms with Gasteiger partial charge < -0.3 is 19.5 Å². The highest BCUT2D eigenvalue weighted by Crippen LogP contribution is 2.49. The molecule has 1 saturated heterocycles. The fourth-order valence-electron chi connectivity index (χ4n) is 4.00. The molecule has 1 atom stereocenters. The van der Waals surface area contributed by atoms with Gasteiger partial charge in [0, 0.05) is 18.5 Å². The van der Waals surface area contributed by atoms with Crippen molar-refractivity contribution in [1.29, 1.82) is 0 Å². The molecule has 144 valence electrons. The zero-order valence-corrected chi connectivity index (χ0v) is 17.6. The van der Waals surface area contributed by atoms with Crippen LogP contribution < -0.4 is 9.47 Å².